The van der Waals surface area contributed by atoms with Crippen LogP contribution in [-0.2, 0) is 16.8 Å². The summed E-state index contributed by atoms with van der Waals surface area (Å²) in [6.07, 6.45) is 0.535. The molecule has 0 bridgehead atoms. The summed E-state index contributed by atoms with van der Waals surface area (Å²) in [6, 6.07) is 9.39. The van der Waals surface area contributed by atoms with Gasteiger partial charge in [-0.3, -0.25) is 14.7 Å². The van der Waals surface area contributed by atoms with E-state index in [0.29, 0.717) is 23.6 Å². The molecule has 1 aliphatic heterocycles. The van der Waals surface area contributed by atoms with Gasteiger partial charge in [0.1, 0.15) is 12.6 Å². The van der Waals surface area contributed by atoms with Crippen LogP contribution < -0.4 is 4.90 Å². The first kappa shape index (κ1) is 32.0. The van der Waals surface area contributed by atoms with Crippen LogP contribution in [0.25, 0.3) is 11.5 Å². The zero-order chi connectivity index (χ0) is 30.2. The van der Waals surface area contributed by atoms with Crippen LogP contribution in [0.15, 0.2) is 40.9 Å². The van der Waals surface area contributed by atoms with Gasteiger partial charge in [0, 0.05) is 62.1 Å². The van der Waals surface area contributed by atoms with Crippen LogP contribution in [0, 0.1) is 5.92 Å². The van der Waals surface area contributed by atoms with Gasteiger partial charge in [-0.25, -0.2) is 0 Å². The molecule has 11 heteroatoms. The number of hydrogen-bond donors (Lipinski definition) is 0. The van der Waals surface area contributed by atoms with Gasteiger partial charge in [0.25, 0.3) is 5.89 Å². The summed E-state index contributed by atoms with van der Waals surface area (Å²) in [4.78, 5) is 33.7. The first-order valence-electron chi connectivity index (χ1n) is 13.7. The molecule has 0 aliphatic carbocycles. The molecule has 0 N–H and O–H groups in total. The number of piperazine rings is 1. The minimum Gasteiger partial charge on any atom is -0.415 e. The third-order valence-electron chi connectivity index (χ3n) is 6.69. The van der Waals surface area contributed by atoms with E-state index in [0.717, 1.165) is 62.2 Å². The SMILES string of the molecule is CC(C)CN1CCN(c2ccc(C(C)(C)C=O)c(C=O)c2)CC1.CN(C)Cc1ccc(-c2nnc(C(F)F)o2)cn1. The maximum atomic E-state index is 12.3. The maximum Gasteiger partial charge on any atom is 0.314 e. The van der Waals surface area contributed by atoms with E-state index in [9.17, 15) is 18.4 Å². The Bertz CT molecular complexity index is 1270. The van der Waals surface area contributed by atoms with Gasteiger partial charge in [-0.1, -0.05) is 19.9 Å². The van der Waals surface area contributed by atoms with Crippen molar-refractivity contribution in [3.05, 3.63) is 59.2 Å². The van der Waals surface area contributed by atoms with E-state index < -0.39 is 17.7 Å². The summed E-state index contributed by atoms with van der Waals surface area (Å²) in [7, 11) is 3.87. The van der Waals surface area contributed by atoms with Crippen LogP contribution in [0.2, 0.25) is 0 Å². The Morgan fingerprint density at radius 2 is 1.76 bits per heavy atom. The van der Waals surface area contributed by atoms with Gasteiger partial charge in [0.05, 0.1) is 11.3 Å². The Kier molecular flexibility index (Phi) is 11.2. The third kappa shape index (κ3) is 8.96. The lowest BCUT2D eigenvalue weighted by Crippen LogP contribution is -2.47. The van der Waals surface area contributed by atoms with Gasteiger partial charge in [0.2, 0.25) is 5.89 Å². The molecule has 1 aromatic carbocycles. The van der Waals surface area contributed by atoms with Crippen LogP contribution in [-0.4, -0.2) is 84.4 Å². The molecule has 0 unspecified atom stereocenters. The Morgan fingerprint density at radius 1 is 1.05 bits per heavy atom. The number of benzene rings is 1. The average Bonchev–Trinajstić information content (AvgIpc) is 3.44. The molecule has 9 nitrogen and oxygen atoms in total. The molecule has 1 saturated heterocycles. The zero-order valence-corrected chi connectivity index (χ0v) is 24.7. The van der Waals surface area contributed by atoms with Crippen LogP contribution in [0.5, 0.6) is 0 Å². The van der Waals surface area contributed by atoms with E-state index in [4.69, 9.17) is 4.42 Å². The predicted octanol–water partition coefficient (Wildman–Crippen LogP) is 4.88. The molecule has 1 fully saturated rings. The smallest absolute Gasteiger partial charge is 0.314 e. The van der Waals surface area contributed by atoms with Crippen molar-refractivity contribution >= 4 is 18.3 Å². The van der Waals surface area contributed by atoms with Gasteiger partial charge in [-0.2, -0.15) is 8.78 Å². The molecular formula is C30H40F2N6O3. The average molecular weight is 571 g/mol. The normalized spacial score (nSPS) is 14.4. The highest BCUT2D eigenvalue weighted by Gasteiger charge is 2.24. The molecule has 2 aromatic heterocycles. The Labute approximate surface area is 240 Å². The van der Waals surface area contributed by atoms with Crippen molar-refractivity contribution in [2.75, 3.05) is 51.7 Å². The molecule has 0 saturated carbocycles. The summed E-state index contributed by atoms with van der Waals surface area (Å²) in [5.41, 5.74) is 3.25. The van der Waals surface area contributed by atoms with Gasteiger partial charge >= 0.3 is 6.43 Å². The molecule has 0 amide bonds. The fourth-order valence-electron chi connectivity index (χ4n) is 4.61. The first-order valence-corrected chi connectivity index (χ1v) is 13.7. The Hall–Kier alpha value is -3.57. The van der Waals surface area contributed by atoms with Gasteiger partial charge in [-0.15, -0.1) is 10.2 Å². The minimum atomic E-state index is -2.76. The summed E-state index contributed by atoms with van der Waals surface area (Å²) in [5, 5.41) is 6.81. The van der Waals surface area contributed by atoms with E-state index >= 15 is 0 Å². The molecule has 222 valence electrons. The summed E-state index contributed by atoms with van der Waals surface area (Å²) < 4.78 is 29.4. The maximum absolute atomic E-state index is 12.3. The first-order chi connectivity index (χ1) is 19.4. The van der Waals surface area contributed by atoms with Crippen LogP contribution in [0.1, 0.15) is 61.6 Å². The van der Waals surface area contributed by atoms with Gasteiger partial charge < -0.3 is 19.0 Å². The minimum absolute atomic E-state index is 0.0502. The second kappa shape index (κ2) is 14.4. The number of nitrogens with zero attached hydrogens (tertiary/aromatic N) is 6. The molecule has 1 aliphatic rings. The number of aromatic nitrogens is 3. The van der Waals surface area contributed by atoms with Crippen molar-refractivity contribution in [1.82, 2.24) is 25.0 Å². The van der Waals surface area contributed by atoms with Crippen LogP contribution in [0.3, 0.4) is 0 Å². The lowest BCUT2D eigenvalue weighted by molar-refractivity contribution is -0.111. The molecule has 0 atom stereocenters. The third-order valence-corrected chi connectivity index (χ3v) is 6.69. The lowest BCUT2D eigenvalue weighted by Gasteiger charge is -2.37. The monoisotopic (exact) mass is 570 g/mol. The largest absolute Gasteiger partial charge is 0.415 e. The predicted molar refractivity (Wildman–Crippen MR) is 154 cm³/mol. The quantitative estimate of drug-likeness (QED) is 0.316. The Morgan fingerprint density at radius 3 is 2.27 bits per heavy atom. The summed E-state index contributed by atoms with van der Waals surface area (Å²) in [6.45, 7) is 14.1. The topological polar surface area (TPSA) is 95.7 Å². The zero-order valence-electron chi connectivity index (χ0n) is 24.7. The lowest BCUT2D eigenvalue weighted by atomic mass is 9.83. The van der Waals surface area contributed by atoms with Crippen molar-refractivity contribution in [2.45, 2.75) is 46.1 Å². The summed E-state index contributed by atoms with van der Waals surface area (Å²) in [5.74, 6) is 0.0599. The standard InChI is InChI=1S/C19H28N2O2.C11H12F2N4O/c1-15(2)12-20-7-9-21(10-8-20)17-5-6-18(16(11-17)13-22)19(3,4)14-23;1-17(2)6-8-4-3-7(5-14-8)10-15-16-11(18-10)9(12)13/h5-6,11,13-15H,7-10,12H2,1-4H3;3-5,9H,6H2,1-2H3. The summed E-state index contributed by atoms with van der Waals surface area (Å²) >= 11 is 0. The molecule has 4 rings (SSSR count). The fourth-order valence-corrected chi connectivity index (χ4v) is 4.61. The highest BCUT2D eigenvalue weighted by atomic mass is 19.3. The van der Waals surface area contributed by atoms with Gasteiger partial charge in [0.15, 0.2) is 0 Å². The number of carbonyl (C=O) groups is 2. The fraction of sp³-hybridized carbons (Fsp3) is 0.500. The number of rotatable bonds is 10. The highest BCUT2D eigenvalue weighted by Crippen LogP contribution is 2.28. The van der Waals surface area contributed by atoms with Crippen molar-refractivity contribution in [3.8, 4) is 11.5 Å². The molecule has 41 heavy (non-hydrogen) atoms. The molecule has 3 heterocycles. The number of carbonyl (C=O) groups excluding carboxylic acids is 2. The Balaban J connectivity index is 0.000000232. The van der Waals surface area contributed by atoms with E-state index in [-0.39, 0.29) is 5.89 Å². The number of halogens is 2. The molecule has 3 aromatic rings. The van der Waals surface area contributed by atoms with Crippen molar-refractivity contribution in [2.24, 2.45) is 5.92 Å². The van der Waals surface area contributed by atoms with E-state index in [1.807, 2.05) is 51.0 Å². The second-order valence-corrected chi connectivity index (χ2v) is 11.4. The molecular weight excluding hydrogens is 530 g/mol. The molecule has 0 radical (unpaired) electrons. The number of hydrogen-bond acceptors (Lipinski definition) is 9. The van der Waals surface area contributed by atoms with Crippen molar-refractivity contribution < 1.29 is 22.8 Å². The van der Waals surface area contributed by atoms with Crippen LogP contribution >= 0.6 is 0 Å². The van der Waals surface area contributed by atoms with Crippen LogP contribution in [0.4, 0.5) is 14.5 Å². The van der Waals surface area contributed by atoms with E-state index in [2.05, 4.69) is 38.8 Å². The molecule has 0 spiro atoms. The van der Waals surface area contributed by atoms with E-state index in [1.54, 1.807) is 12.1 Å². The van der Waals surface area contributed by atoms with E-state index in [1.165, 1.54) is 6.20 Å². The van der Waals surface area contributed by atoms with Gasteiger partial charge in [-0.05, 0) is 63.7 Å². The number of alkyl halides is 2. The number of aldehydes is 2. The second-order valence-electron chi connectivity index (χ2n) is 11.4. The van der Waals surface area contributed by atoms with Crippen molar-refractivity contribution in [3.63, 3.8) is 0 Å². The van der Waals surface area contributed by atoms with Crippen molar-refractivity contribution in [1.29, 1.82) is 0 Å². The number of pyridine rings is 1. The number of anilines is 1. The highest BCUT2D eigenvalue weighted by molar-refractivity contribution is 5.84.